The number of aromatic nitrogens is 1. The van der Waals surface area contributed by atoms with Gasteiger partial charge in [0.2, 0.25) is 0 Å². The molecule has 0 radical (unpaired) electrons. The van der Waals surface area contributed by atoms with E-state index in [2.05, 4.69) is 35.1 Å². The molecule has 0 aliphatic carbocycles. The highest BCUT2D eigenvalue weighted by Gasteiger charge is 2.06. The lowest BCUT2D eigenvalue weighted by Gasteiger charge is -2.19. The van der Waals surface area contributed by atoms with Crippen molar-refractivity contribution < 1.29 is 0 Å². The number of halogens is 1. The quantitative estimate of drug-likeness (QED) is 0.878. The predicted octanol–water partition coefficient (Wildman–Crippen LogP) is 3.87. The topological polar surface area (TPSA) is 28.2 Å². The van der Waals surface area contributed by atoms with E-state index in [0.29, 0.717) is 6.04 Å². The Morgan fingerprint density at radius 2 is 1.95 bits per heavy atom. The third kappa shape index (κ3) is 4.73. The monoisotopic (exact) mass is 303 g/mol. The smallest absolute Gasteiger partial charge is 0.128 e. The molecule has 0 bridgehead atoms. The highest BCUT2D eigenvalue weighted by molar-refractivity contribution is 6.31. The average molecular weight is 304 g/mol. The number of nitrogens with zero attached hydrogens (tertiary/aromatic N) is 2. The van der Waals surface area contributed by atoms with Gasteiger partial charge in [0.25, 0.3) is 0 Å². The zero-order chi connectivity index (χ0) is 15.2. The third-order valence-corrected chi connectivity index (χ3v) is 3.65. The van der Waals surface area contributed by atoms with Crippen molar-refractivity contribution in [1.82, 2.24) is 10.3 Å². The van der Waals surface area contributed by atoms with Crippen LogP contribution < -0.4 is 10.2 Å². The molecule has 0 spiro atoms. The summed E-state index contributed by atoms with van der Waals surface area (Å²) in [7, 11) is 2.03. The molecule has 0 saturated carbocycles. The van der Waals surface area contributed by atoms with Crippen LogP contribution in [-0.2, 0) is 13.1 Å². The van der Waals surface area contributed by atoms with Gasteiger partial charge in [-0.05, 0) is 23.3 Å². The first kappa shape index (κ1) is 15.8. The molecule has 0 unspecified atom stereocenters. The first-order chi connectivity index (χ1) is 10.1. The number of anilines is 1. The van der Waals surface area contributed by atoms with Gasteiger partial charge in [0.05, 0.1) is 0 Å². The maximum absolute atomic E-state index is 6.20. The summed E-state index contributed by atoms with van der Waals surface area (Å²) < 4.78 is 0. The number of hydrogen-bond acceptors (Lipinski definition) is 3. The molecule has 21 heavy (non-hydrogen) atoms. The van der Waals surface area contributed by atoms with Crippen molar-refractivity contribution in [3.8, 4) is 0 Å². The lowest BCUT2D eigenvalue weighted by molar-refractivity contribution is 0.588. The average Bonchev–Trinajstić information content (AvgIpc) is 2.48. The molecule has 3 nitrogen and oxygen atoms in total. The van der Waals surface area contributed by atoms with E-state index in [4.69, 9.17) is 11.6 Å². The molecule has 0 aliphatic rings. The summed E-state index contributed by atoms with van der Waals surface area (Å²) in [5.74, 6) is 0.947. The van der Waals surface area contributed by atoms with Gasteiger partial charge in [-0.25, -0.2) is 4.98 Å². The van der Waals surface area contributed by atoms with Gasteiger partial charge in [-0.3, -0.25) is 0 Å². The van der Waals surface area contributed by atoms with Gasteiger partial charge in [0.15, 0.2) is 0 Å². The van der Waals surface area contributed by atoms with Gasteiger partial charge in [0, 0.05) is 37.4 Å². The second kappa shape index (κ2) is 7.43. The first-order valence-electron chi connectivity index (χ1n) is 7.19. The van der Waals surface area contributed by atoms with Crippen LogP contribution in [0.25, 0.3) is 0 Å². The van der Waals surface area contributed by atoms with Gasteiger partial charge >= 0.3 is 0 Å². The Balaban J connectivity index is 2.00. The van der Waals surface area contributed by atoms with E-state index in [0.717, 1.165) is 29.5 Å². The van der Waals surface area contributed by atoms with Gasteiger partial charge < -0.3 is 10.2 Å². The van der Waals surface area contributed by atoms with Gasteiger partial charge in [-0.1, -0.05) is 49.7 Å². The van der Waals surface area contributed by atoms with Crippen LogP contribution in [0.2, 0.25) is 5.02 Å². The van der Waals surface area contributed by atoms with Crippen LogP contribution in [0, 0.1) is 0 Å². The summed E-state index contributed by atoms with van der Waals surface area (Å²) in [4.78, 5) is 6.62. The van der Waals surface area contributed by atoms with Crippen LogP contribution in [0.5, 0.6) is 0 Å². The summed E-state index contributed by atoms with van der Waals surface area (Å²) >= 11 is 6.20. The molecular weight excluding hydrogens is 282 g/mol. The molecular formula is C17H22ClN3. The standard InChI is InChI=1S/C17H22ClN3/c1-13(2)19-10-14-8-9-17(20-11-14)21(3)12-15-6-4-5-7-16(15)18/h4-9,11,13,19H,10,12H2,1-3H3. The maximum atomic E-state index is 6.20. The highest BCUT2D eigenvalue weighted by Crippen LogP contribution is 2.19. The maximum Gasteiger partial charge on any atom is 0.128 e. The van der Waals surface area contributed by atoms with Crippen LogP contribution in [0.15, 0.2) is 42.6 Å². The van der Waals surface area contributed by atoms with Gasteiger partial charge in [-0.15, -0.1) is 0 Å². The fourth-order valence-electron chi connectivity index (χ4n) is 2.03. The molecule has 2 aromatic rings. The van der Waals surface area contributed by atoms with Crippen LogP contribution in [-0.4, -0.2) is 18.1 Å². The SMILES string of the molecule is CC(C)NCc1ccc(N(C)Cc2ccccc2Cl)nc1. The Morgan fingerprint density at radius 3 is 2.57 bits per heavy atom. The van der Waals surface area contributed by atoms with E-state index >= 15 is 0 Å². The highest BCUT2D eigenvalue weighted by atomic mass is 35.5. The lowest BCUT2D eigenvalue weighted by atomic mass is 10.2. The fourth-order valence-corrected chi connectivity index (χ4v) is 2.23. The normalized spacial score (nSPS) is 10.9. The van der Waals surface area contributed by atoms with Crippen LogP contribution in [0.1, 0.15) is 25.0 Å². The summed E-state index contributed by atoms with van der Waals surface area (Å²) in [6, 6.07) is 12.5. The second-order valence-electron chi connectivity index (χ2n) is 5.51. The van der Waals surface area contributed by atoms with E-state index in [1.807, 2.05) is 43.6 Å². The van der Waals surface area contributed by atoms with Gasteiger partial charge in [0.1, 0.15) is 5.82 Å². The van der Waals surface area contributed by atoms with Crippen molar-refractivity contribution in [3.63, 3.8) is 0 Å². The van der Waals surface area contributed by atoms with E-state index in [1.165, 1.54) is 5.56 Å². The minimum atomic E-state index is 0.479. The number of nitrogens with one attached hydrogen (secondary N) is 1. The number of rotatable bonds is 6. The molecule has 0 atom stereocenters. The number of pyridine rings is 1. The molecule has 1 N–H and O–H groups in total. The Hall–Kier alpha value is -1.58. The largest absolute Gasteiger partial charge is 0.355 e. The first-order valence-corrected chi connectivity index (χ1v) is 7.57. The Morgan fingerprint density at radius 1 is 1.19 bits per heavy atom. The molecule has 0 aliphatic heterocycles. The summed E-state index contributed by atoms with van der Waals surface area (Å²) in [6.45, 7) is 5.87. The molecule has 0 amide bonds. The molecule has 2 rings (SSSR count). The van der Waals surface area contributed by atoms with Crippen LogP contribution in [0.3, 0.4) is 0 Å². The zero-order valence-electron chi connectivity index (χ0n) is 12.8. The number of hydrogen-bond donors (Lipinski definition) is 1. The van der Waals surface area contributed by atoms with E-state index in [1.54, 1.807) is 0 Å². The second-order valence-corrected chi connectivity index (χ2v) is 5.91. The van der Waals surface area contributed by atoms with E-state index in [-0.39, 0.29) is 0 Å². The summed E-state index contributed by atoms with van der Waals surface area (Å²) in [5.41, 5.74) is 2.30. The Kier molecular flexibility index (Phi) is 5.59. The minimum absolute atomic E-state index is 0.479. The molecule has 112 valence electrons. The lowest BCUT2D eigenvalue weighted by Crippen LogP contribution is -2.22. The molecule has 1 aromatic heterocycles. The van der Waals surface area contributed by atoms with Crippen LogP contribution in [0.4, 0.5) is 5.82 Å². The van der Waals surface area contributed by atoms with Crippen molar-refractivity contribution in [2.24, 2.45) is 0 Å². The molecule has 4 heteroatoms. The summed E-state index contributed by atoms with van der Waals surface area (Å²) in [6.07, 6.45) is 1.92. The number of benzene rings is 1. The van der Waals surface area contributed by atoms with Crippen molar-refractivity contribution in [3.05, 3.63) is 58.7 Å². The fraction of sp³-hybridized carbons (Fsp3) is 0.353. The van der Waals surface area contributed by atoms with E-state index in [9.17, 15) is 0 Å². The van der Waals surface area contributed by atoms with Crippen molar-refractivity contribution in [2.75, 3.05) is 11.9 Å². The minimum Gasteiger partial charge on any atom is -0.355 e. The van der Waals surface area contributed by atoms with Crippen molar-refractivity contribution in [2.45, 2.75) is 33.0 Å². The zero-order valence-corrected chi connectivity index (χ0v) is 13.6. The summed E-state index contributed by atoms with van der Waals surface area (Å²) in [5, 5.41) is 4.18. The van der Waals surface area contributed by atoms with E-state index < -0.39 is 0 Å². The molecule has 0 fully saturated rings. The van der Waals surface area contributed by atoms with Crippen LogP contribution >= 0.6 is 11.6 Å². The molecule has 1 heterocycles. The third-order valence-electron chi connectivity index (χ3n) is 3.28. The predicted molar refractivity (Wildman–Crippen MR) is 89.8 cm³/mol. The van der Waals surface area contributed by atoms with Crippen molar-refractivity contribution in [1.29, 1.82) is 0 Å². The Labute approximate surface area is 132 Å². The van der Waals surface area contributed by atoms with Gasteiger partial charge in [-0.2, -0.15) is 0 Å². The Bertz CT molecular complexity index is 567. The van der Waals surface area contributed by atoms with Crippen molar-refractivity contribution >= 4 is 17.4 Å². The molecule has 0 saturated heterocycles. The molecule has 1 aromatic carbocycles.